The molecular weight excluding hydrogens is 340 g/mol. The number of nitrogens with zero attached hydrogens (tertiary/aromatic N) is 1. The molecule has 1 amide bonds. The molecule has 27 heavy (non-hydrogen) atoms. The quantitative estimate of drug-likeness (QED) is 0.656. The fraction of sp³-hybridized carbons (Fsp3) is 0.136. The number of aromatic nitrogens is 1. The molecule has 0 saturated carbocycles. The number of rotatable bonds is 7. The smallest absolute Gasteiger partial charge is 0.357 e. The van der Waals surface area contributed by atoms with Gasteiger partial charge in [-0.25, -0.2) is 9.78 Å². The van der Waals surface area contributed by atoms with Crippen molar-refractivity contribution in [1.29, 1.82) is 0 Å². The monoisotopic (exact) mass is 360 g/mol. The van der Waals surface area contributed by atoms with Crippen molar-refractivity contribution >= 4 is 11.9 Å². The summed E-state index contributed by atoms with van der Waals surface area (Å²) in [5, 5.41) is 2.95. The molecule has 0 spiro atoms. The van der Waals surface area contributed by atoms with Gasteiger partial charge < -0.3 is 10.1 Å². The van der Waals surface area contributed by atoms with E-state index < -0.39 is 5.97 Å². The second-order valence-corrected chi connectivity index (χ2v) is 6.01. The number of benzene rings is 2. The Bertz CT molecular complexity index is 868. The van der Waals surface area contributed by atoms with Gasteiger partial charge in [0.25, 0.3) is 5.91 Å². The van der Waals surface area contributed by atoms with Crippen molar-refractivity contribution in [3.63, 3.8) is 0 Å². The lowest BCUT2D eigenvalue weighted by atomic mass is 9.99. The number of hydrogen-bond donors (Lipinski definition) is 1. The van der Waals surface area contributed by atoms with E-state index in [-0.39, 0.29) is 24.2 Å². The fourth-order valence-electron chi connectivity index (χ4n) is 2.71. The molecule has 1 heterocycles. The maximum atomic E-state index is 12.3. The first-order chi connectivity index (χ1) is 13.2. The van der Waals surface area contributed by atoms with Crippen LogP contribution in [0.3, 0.4) is 0 Å². The minimum atomic E-state index is -0.620. The molecule has 0 aliphatic heterocycles. The topological polar surface area (TPSA) is 68.3 Å². The lowest BCUT2D eigenvalue weighted by Gasteiger charge is -2.19. The summed E-state index contributed by atoms with van der Waals surface area (Å²) in [7, 11) is 0. The Morgan fingerprint density at radius 1 is 0.889 bits per heavy atom. The van der Waals surface area contributed by atoms with Crippen molar-refractivity contribution in [2.24, 2.45) is 0 Å². The maximum absolute atomic E-state index is 12.3. The van der Waals surface area contributed by atoms with E-state index >= 15 is 0 Å². The molecule has 0 aliphatic rings. The number of ether oxygens (including phenoxy) is 1. The predicted molar refractivity (Wildman–Crippen MR) is 102 cm³/mol. The summed E-state index contributed by atoms with van der Waals surface area (Å²) in [5.74, 6) is -0.978. The Kier molecular flexibility index (Phi) is 6.30. The van der Waals surface area contributed by atoms with E-state index in [0.717, 1.165) is 11.1 Å². The average Bonchev–Trinajstić information content (AvgIpc) is 2.73. The number of nitrogens with one attached hydrogen (secondary N) is 1. The van der Waals surface area contributed by atoms with Gasteiger partial charge in [0, 0.05) is 6.20 Å². The van der Waals surface area contributed by atoms with Crippen molar-refractivity contribution in [3.8, 4) is 0 Å². The highest BCUT2D eigenvalue weighted by atomic mass is 16.5. The van der Waals surface area contributed by atoms with Crippen LogP contribution in [0.2, 0.25) is 0 Å². The Morgan fingerprint density at radius 3 is 2.22 bits per heavy atom. The predicted octanol–water partition coefficient (Wildman–Crippen LogP) is 3.34. The SMILES string of the molecule is O=C(COC(=O)c1ccccn1)N[C@@H](Cc1ccccc1)c1ccccc1. The Hall–Kier alpha value is -3.47. The van der Waals surface area contributed by atoms with Crippen LogP contribution in [0.15, 0.2) is 85.1 Å². The number of amides is 1. The highest BCUT2D eigenvalue weighted by Crippen LogP contribution is 2.18. The molecule has 0 saturated heterocycles. The number of esters is 1. The first-order valence-electron chi connectivity index (χ1n) is 8.69. The maximum Gasteiger partial charge on any atom is 0.357 e. The van der Waals surface area contributed by atoms with Crippen LogP contribution in [0.25, 0.3) is 0 Å². The summed E-state index contributed by atoms with van der Waals surface area (Å²) in [5.41, 5.74) is 2.28. The van der Waals surface area contributed by atoms with Crippen LogP contribution in [-0.2, 0) is 16.0 Å². The summed E-state index contributed by atoms with van der Waals surface area (Å²) < 4.78 is 5.06. The van der Waals surface area contributed by atoms with E-state index in [0.29, 0.717) is 6.42 Å². The Balaban J connectivity index is 1.63. The molecule has 0 bridgehead atoms. The van der Waals surface area contributed by atoms with Gasteiger partial charge in [0.1, 0.15) is 5.69 Å². The standard InChI is InChI=1S/C22H20N2O3/c25-21(16-27-22(26)19-13-7-8-14-23-19)24-20(18-11-5-2-6-12-18)15-17-9-3-1-4-10-17/h1-14,20H,15-16H2,(H,24,25)/t20-/m0/s1. The summed E-state index contributed by atoms with van der Waals surface area (Å²) in [4.78, 5) is 28.2. The van der Waals surface area contributed by atoms with Gasteiger partial charge in [0.15, 0.2) is 6.61 Å². The Morgan fingerprint density at radius 2 is 1.56 bits per heavy atom. The molecule has 136 valence electrons. The van der Waals surface area contributed by atoms with Crippen molar-refractivity contribution in [2.75, 3.05) is 6.61 Å². The zero-order valence-corrected chi connectivity index (χ0v) is 14.7. The Labute approximate surface area is 158 Å². The number of carbonyl (C=O) groups is 2. The largest absolute Gasteiger partial charge is 0.451 e. The minimum Gasteiger partial charge on any atom is -0.451 e. The van der Waals surface area contributed by atoms with Crippen LogP contribution in [0.1, 0.15) is 27.7 Å². The minimum absolute atomic E-state index is 0.175. The highest BCUT2D eigenvalue weighted by Gasteiger charge is 2.17. The lowest BCUT2D eigenvalue weighted by molar-refractivity contribution is -0.125. The number of carbonyl (C=O) groups excluding carboxylic acids is 2. The molecule has 3 aromatic rings. The first-order valence-corrected chi connectivity index (χ1v) is 8.69. The van der Waals surface area contributed by atoms with Crippen LogP contribution in [0.4, 0.5) is 0 Å². The van der Waals surface area contributed by atoms with E-state index in [1.165, 1.54) is 6.20 Å². The second kappa shape index (κ2) is 9.29. The molecule has 0 fully saturated rings. The highest BCUT2D eigenvalue weighted by molar-refractivity contribution is 5.89. The molecule has 5 heteroatoms. The third-order valence-electron chi connectivity index (χ3n) is 4.03. The van der Waals surface area contributed by atoms with Gasteiger partial charge in [-0.15, -0.1) is 0 Å². The zero-order valence-electron chi connectivity index (χ0n) is 14.7. The molecular formula is C22H20N2O3. The molecule has 0 aliphatic carbocycles. The van der Waals surface area contributed by atoms with E-state index in [1.807, 2.05) is 60.7 Å². The van der Waals surface area contributed by atoms with Crippen molar-refractivity contribution < 1.29 is 14.3 Å². The molecule has 1 atom stereocenters. The van der Waals surface area contributed by atoms with E-state index in [1.54, 1.807) is 18.2 Å². The summed E-state index contributed by atoms with van der Waals surface area (Å²) in [6.07, 6.45) is 2.15. The average molecular weight is 360 g/mol. The summed E-state index contributed by atoms with van der Waals surface area (Å²) in [6.45, 7) is -0.354. The number of pyridine rings is 1. The van der Waals surface area contributed by atoms with Gasteiger partial charge in [-0.05, 0) is 29.7 Å². The normalized spacial score (nSPS) is 11.4. The molecule has 1 N–H and O–H groups in total. The van der Waals surface area contributed by atoms with Gasteiger partial charge in [0.05, 0.1) is 6.04 Å². The van der Waals surface area contributed by atoms with Crippen LogP contribution in [0.5, 0.6) is 0 Å². The van der Waals surface area contributed by atoms with Gasteiger partial charge in [0.2, 0.25) is 0 Å². The van der Waals surface area contributed by atoms with Gasteiger partial charge in [-0.3, -0.25) is 4.79 Å². The zero-order chi connectivity index (χ0) is 18.9. The van der Waals surface area contributed by atoms with Crippen LogP contribution < -0.4 is 5.32 Å². The number of hydrogen-bond acceptors (Lipinski definition) is 4. The fourth-order valence-corrected chi connectivity index (χ4v) is 2.71. The second-order valence-electron chi connectivity index (χ2n) is 6.01. The van der Waals surface area contributed by atoms with E-state index in [4.69, 9.17) is 4.74 Å². The summed E-state index contributed by atoms with van der Waals surface area (Å²) in [6, 6.07) is 24.4. The molecule has 2 aromatic carbocycles. The van der Waals surface area contributed by atoms with Gasteiger partial charge >= 0.3 is 5.97 Å². The van der Waals surface area contributed by atoms with Gasteiger partial charge in [-0.2, -0.15) is 0 Å². The molecule has 3 rings (SSSR count). The van der Waals surface area contributed by atoms with Crippen molar-refractivity contribution in [3.05, 3.63) is 102 Å². The van der Waals surface area contributed by atoms with Crippen molar-refractivity contribution in [2.45, 2.75) is 12.5 Å². The van der Waals surface area contributed by atoms with Crippen LogP contribution in [0, 0.1) is 0 Å². The lowest BCUT2D eigenvalue weighted by Crippen LogP contribution is -2.33. The molecule has 0 unspecified atom stereocenters. The summed E-state index contributed by atoms with van der Waals surface area (Å²) >= 11 is 0. The first kappa shape index (κ1) is 18.3. The van der Waals surface area contributed by atoms with Gasteiger partial charge in [-0.1, -0.05) is 66.7 Å². The molecule has 5 nitrogen and oxygen atoms in total. The van der Waals surface area contributed by atoms with Crippen LogP contribution >= 0.6 is 0 Å². The molecule has 0 radical (unpaired) electrons. The third kappa shape index (κ3) is 5.51. The van der Waals surface area contributed by atoms with E-state index in [2.05, 4.69) is 10.3 Å². The third-order valence-corrected chi connectivity index (χ3v) is 4.03. The van der Waals surface area contributed by atoms with E-state index in [9.17, 15) is 9.59 Å². The molecule has 1 aromatic heterocycles. The van der Waals surface area contributed by atoms with Crippen molar-refractivity contribution in [1.82, 2.24) is 10.3 Å². The van der Waals surface area contributed by atoms with Crippen LogP contribution in [-0.4, -0.2) is 23.5 Å².